The topological polar surface area (TPSA) is 59.0 Å². The summed E-state index contributed by atoms with van der Waals surface area (Å²) in [6, 6.07) is 0. The molecule has 0 saturated carbocycles. The van der Waals surface area contributed by atoms with E-state index in [0.29, 0.717) is 0 Å². The number of carbonyl (C=O) groups is 1. The number of carbonyl (C=O) groups excluding carboxylic acids is 1. The van der Waals surface area contributed by atoms with Crippen LogP contribution in [-0.2, 0) is 9.53 Å². The van der Waals surface area contributed by atoms with Gasteiger partial charge >= 0.3 is 0 Å². The Morgan fingerprint density at radius 3 is 2.67 bits per heavy atom. The van der Waals surface area contributed by atoms with Crippen molar-refractivity contribution < 1.29 is 9.53 Å². The highest BCUT2D eigenvalue weighted by molar-refractivity contribution is 5.92. The third kappa shape index (κ3) is 1.50. The minimum atomic E-state index is -0.752. The lowest BCUT2D eigenvalue weighted by Crippen LogP contribution is -2.68. The van der Waals surface area contributed by atoms with Crippen molar-refractivity contribution in [2.24, 2.45) is 11.1 Å². The molecule has 84 valence electrons. The quantitative estimate of drug-likeness (QED) is 0.634. The highest BCUT2D eigenvalue weighted by Gasteiger charge is 2.53. The third-order valence-corrected chi connectivity index (χ3v) is 3.64. The van der Waals surface area contributed by atoms with Crippen molar-refractivity contribution in [1.29, 1.82) is 0 Å². The molecule has 0 spiro atoms. The number of hydrogen-bond acceptors (Lipinski definition) is 5. The molecule has 3 aliphatic heterocycles. The van der Waals surface area contributed by atoms with Gasteiger partial charge in [0.1, 0.15) is 12.1 Å². The smallest absolute Gasteiger partial charge is 0.160 e. The van der Waals surface area contributed by atoms with E-state index in [-0.39, 0.29) is 24.9 Å². The largest absolute Gasteiger partial charge is 0.382 e. The molecule has 0 aliphatic carbocycles. The summed E-state index contributed by atoms with van der Waals surface area (Å²) >= 11 is 0. The second-order valence-electron chi connectivity index (χ2n) is 4.38. The first-order valence-electron chi connectivity index (χ1n) is 5.32. The maximum Gasteiger partial charge on any atom is 0.160 e. The van der Waals surface area contributed by atoms with E-state index in [0.717, 1.165) is 25.9 Å². The van der Waals surface area contributed by atoms with E-state index in [1.807, 2.05) is 0 Å². The van der Waals surface area contributed by atoms with Gasteiger partial charge in [0.15, 0.2) is 5.78 Å². The van der Waals surface area contributed by atoms with E-state index >= 15 is 0 Å². The van der Waals surface area contributed by atoms with Crippen molar-refractivity contribution in [3.63, 3.8) is 0 Å². The number of Topliss-reactive ketones (excluding diaryl/α,β-unsaturated/α-hetero) is 1. The van der Waals surface area contributed by atoms with Crippen molar-refractivity contribution in [2.75, 3.05) is 33.4 Å². The summed E-state index contributed by atoms with van der Waals surface area (Å²) in [4.78, 5) is 24.7. The van der Waals surface area contributed by atoms with Gasteiger partial charge in [0.25, 0.3) is 0 Å². The molecular formula is C10H16N2O3. The Kier molecular flexibility index (Phi) is 2.84. The molecule has 0 amide bonds. The fourth-order valence-corrected chi connectivity index (χ4v) is 2.84. The van der Waals surface area contributed by atoms with E-state index in [4.69, 9.17) is 4.74 Å². The Labute approximate surface area is 88.7 Å². The molecule has 3 fully saturated rings. The molecule has 5 nitrogen and oxygen atoms in total. The van der Waals surface area contributed by atoms with Crippen LogP contribution in [0.2, 0.25) is 0 Å². The van der Waals surface area contributed by atoms with E-state index < -0.39 is 5.54 Å². The highest BCUT2D eigenvalue weighted by atomic mass is 16.5. The molecule has 3 aliphatic rings. The van der Waals surface area contributed by atoms with Gasteiger partial charge in [-0.1, -0.05) is 5.18 Å². The average molecular weight is 212 g/mol. The minimum absolute atomic E-state index is 0.0240. The molecule has 1 unspecified atom stereocenters. The molecule has 0 aromatic rings. The molecule has 1 atom stereocenters. The number of nitroso groups, excluding NO2 is 1. The average Bonchev–Trinajstić information content (AvgIpc) is 2.26. The molecular weight excluding hydrogens is 196 g/mol. The molecule has 0 aromatic heterocycles. The van der Waals surface area contributed by atoms with Gasteiger partial charge in [-0.15, -0.1) is 0 Å². The summed E-state index contributed by atoms with van der Waals surface area (Å²) in [7, 11) is 1.56. The number of rotatable bonds is 4. The Balaban J connectivity index is 2.28. The van der Waals surface area contributed by atoms with E-state index in [1.54, 1.807) is 7.11 Å². The maximum atomic E-state index is 12.2. The van der Waals surface area contributed by atoms with Gasteiger partial charge in [-0.2, -0.15) is 4.91 Å². The molecule has 3 saturated heterocycles. The Morgan fingerprint density at radius 1 is 1.53 bits per heavy atom. The predicted molar refractivity (Wildman–Crippen MR) is 54.6 cm³/mol. The summed E-state index contributed by atoms with van der Waals surface area (Å²) in [5.41, 5.74) is -0.752. The van der Waals surface area contributed by atoms with Gasteiger partial charge in [0.2, 0.25) is 0 Å². The predicted octanol–water partition coefficient (Wildman–Crippen LogP) is 0.433. The zero-order valence-electron chi connectivity index (χ0n) is 8.94. The molecule has 0 N–H and O–H groups in total. The Bertz CT molecular complexity index is 274. The van der Waals surface area contributed by atoms with Crippen molar-refractivity contribution in [3.05, 3.63) is 4.91 Å². The van der Waals surface area contributed by atoms with Crippen LogP contribution in [0.15, 0.2) is 5.18 Å². The van der Waals surface area contributed by atoms with Crippen molar-refractivity contribution in [2.45, 2.75) is 18.4 Å². The van der Waals surface area contributed by atoms with E-state index in [2.05, 4.69) is 10.1 Å². The van der Waals surface area contributed by atoms with Gasteiger partial charge in [0.05, 0.1) is 6.61 Å². The lowest BCUT2D eigenvalue weighted by Gasteiger charge is -2.51. The number of hydrogen-bond donors (Lipinski definition) is 0. The van der Waals surface area contributed by atoms with E-state index in [1.165, 1.54) is 0 Å². The second-order valence-corrected chi connectivity index (χ2v) is 4.38. The molecule has 3 heterocycles. The van der Waals surface area contributed by atoms with Crippen LogP contribution in [0.5, 0.6) is 0 Å². The summed E-state index contributed by atoms with van der Waals surface area (Å²) in [6.45, 7) is 2.08. The second kappa shape index (κ2) is 3.98. The molecule has 15 heavy (non-hydrogen) atoms. The van der Waals surface area contributed by atoms with Crippen LogP contribution >= 0.6 is 0 Å². The van der Waals surface area contributed by atoms with Gasteiger partial charge in [0, 0.05) is 13.0 Å². The van der Waals surface area contributed by atoms with E-state index in [9.17, 15) is 9.70 Å². The Morgan fingerprint density at radius 2 is 2.20 bits per heavy atom. The molecule has 2 bridgehead atoms. The van der Waals surface area contributed by atoms with Crippen LogP contribution in [0.3, 0.4) is 0 Å². The van der Waals surface area contributed by atoms with Crippen molar-refractivity contribution in [3.8, 4) is 0 Å². The number of ether oxygens (including phenoxy) is 1. The van der Waals surface area contributed by atoms with Crippen LogP contribution in [0, 0.1) is 10.8 Å². The number of nitrogens with zero attached hydrogens (tertiary/aromatic N) is 2. The summed E-state index contributed by atoms with van der Waals surface area (Å²) in [5, 5.41) is 2.93. The van der Waals surface area contributed by atoms with Crippen LogP contribution < -0.4 is 0 Å². The SMILES string of the molecule is COCC1(CN=O)C(=O)C2CCN1CC2. The molecule has 5 heteroatoms. The zero-order valence-corrected chi connectivity index (χ0v) is 8.94. The number of fused-ring (bicyclic) bond motifs is 3. The first kappa shape index (κ1) is 10.7. The molecule has 0 radical (unpaired) electrons. The van der Waals surface area contributed by atoms with Gasteiger partial charge in [-0.3, -0.25) is 9.69 Å². The number of ketones is 1. The lowest BCUT2D eigenvalue weighted by atomic mass is 9.73. The normalized spacial score (nSPS) is 39.4. The maximum absolute atomic E-state index is 12.2. The fourth-order valence-electron chi connectivity index (χ4n) is 2.84. The van der Waals surface area contributed by atoms with Gasteiger partial charge in [-0.05, 0) is 25.9 Å². The van der Waals surface area contributed by atoms with Gasteiger partial charge < -0.3 is 4.74 Å². The van der Waals surface area contributed by atoms with Crippen molar-refractivity contribution in [1.82, 2.24) is 4.90 Å². The summed E-state index contributed by atoms with van der Waals surface area (Å²) in [6.07, 6.45) is 1.84. The lowest BCUT2D eigenvalue weighted by molar-refractivity contribution is -0.151. The number of methoxy groups -OCH3 is 1. The Hall–Kier alpha value is -0.810. The minimum Gasteiger partial charge on any atom is -0.382 e. The molecule has 0 aromatic carbocycles. The van der Waals surface area contributed by atoms with Gasteiger partial charge in [-0.25, -0.2) is 0 Å². The van der Waals surface area contributed by atoms with Crippen LogP contribution in [0.1, 0.15) is 12.8 Å². The number of piperidine rings is 3. The standard InChI is InChI=1S/C10H16N2O3/c1-15-7-10(6-11-14)9(13)8-2-4-12(10)5-3-8/h8H,2-7H2,1H3. The first-order valence-corrected chi connectivity index (χ1v) is 5.32. The zero-order chi connectivity index (χ0) is 10.9. The fraction of sp³-hybridized carbons (Fsp3) is 0.900. The van der Waals surface area contributed by atoms with Crippen LogP contribution in [-0.4, -0.2) is 49.6 Å². The third-order valence-electron chi connectivity index (χ3n) is 3.64. The van der Waals surface area contributed by atoms with Crippen molar-refractivity contribution >= 4 is 5.78 Å². The van der Waals surface area contributed by atoms with Crippen LogP contribution in [0.4, 0.5) is 0 Å². The monoisotopic (exact) mass is 212 g/mol. The van der Waals surface area contributed by atoms with Crippen LogP contribution in [0.25, 0.3) is 0 Å². The molecule has 3 rings (SSSR count). The summed E-state index contributed by atoms with van der Waals surface area (Å²) in [5.74, 6) is 0.272. The highest BCUT2D eigenvalue weighted by Crippen LogP contribution is 2.36. The summed E-state index contributed by atoms with van der Waals surface area (Å²) < 4.78 is 5.10. The first-order chi connectivity index (χ1) is 7.24.